The van der Waals surface area contributed by atoms with E-state index in [4.69, 9.17) is 0 Å². The Bertz CT molecular complexity index is 546. The van der Waals surface area contributed by atoms with Crippen LogP contribution in [0.25, 0.3) is 5.69 Å². The molecule has 0 aliphatic heterocycles. The zero-order valence-electron chi connectivity index (χ0n) is 8.80. The molecule has 2 aromatic rings. The second-order valence-electron chi connectivity index (χ2n) is 3.38. The number of tetrazole rings is 1. The fraction of sp³-hybridized carbons (Fsp3) is 0.300. The van der Waals surface area contributed by atoms with E-state index in [2.05, 4.69) is 26.4 Å². The number of hydrogen-bond acceptors (Lipinski definition) is 3. The molecule has 1 aromatic heterocycles. The van der Waals surface area contributed by atoms with Crippen LogP contribution in [-0.4, -0.2) is 19.8 Å². The molecule has 1 aromatic carbocycles. The number of aromatic nitrogens is 4. The zero-order chi connectivity index (χ0) is 11.5. The van der Waals surface area contributed by atoms with E-state index in [0.29, 0.717) is 12.2 Å². The Morgan fingerprint density at radius 3 is 2.88 bits per heavy atom. The second kappa shape index (κ2) is 4.61. The Hall–Kier alpha value is -1.43. The standard InChI is InChI=1S/C10H11BrN4O/c1-2-6-14-10(16)15(13-12-14)9-5-3-4-8(11)7-9/h3-5,7H,2,6H2,1H3. The summed E-state index contributed by atoms with van der Waals surface area (Å²) in [7, 11) is 0. The fourth-order valence-electron chi connectivity index (χ4n) is 1.40. The molecule has 0 saturated heterocycles. The van der Waals surface area contributed by atoms with Crippen LogP contribution in [0.2, 0.25) is 0 Å². The van der Waals surface area contributed by atoms with Crippen molar-refractivity contribution in [3.05, 3.63) is 39.2 Å². The van der Waals surface area contributed by atoms with Crippen LogP contribution in [0, 0.1) is 0 Å². The van der Waals surface area contributed by atoms with Crippen molar-refractivity contribution in [1.82, 2.24) is 19.8 Å². The highest BCUT2D eigenvalue weighted by Gasteiger charge is 2.07. The molecule has 0 aliphatic carbocycles. The molecule has 0 atom stereocenters. The number of halogens is 1. The van der Waals surface area contributed by atoms with E-state index >= 15 is 0 Å². The lowest BCUT2D eigenvalue weighted by atomic mass is 10.3. The van der Waals surface area contributed by atoms with Gasteiger partial charge in [-0.25, -0.2) is 4.79 Å². The van der Waals surface area contributed by atoms with Crippen LogP contribution in [0.4, 0.5) is 0 Å². The van der Waals surface area contributed by atoms with Crippen LogP contribution in [0.3, 0.4) is 0 Å². The van der Waals surface area contributed by atoms with Gasteiger partial charge < -0.3 is 0 Å². The van der Waals surface area contributed by atoms with Crippen molar-refractivity contribution in [1.29, 1.82) is 0 Å². The van der Waals surface area contributed by atoms with Crippen molar-refractivity contribution in [2.75, 3.05) is 0 Å². The number of rotatable bonds is 3. The highest BCUT2D eigenvalue weighted by molar-refractivity contribution is 9.10. The van der Waals surface area contributed by atoms with Crippen LogP contribution in [0.15, 0.2) is 33.5 Å². The van der Waals surface area contributed by atoms with Gasteiger partial charge in [0.15, 0.2) is 0 Å². The zero-order valence-corrected chi connectivity index (χ0v) is 10.4. The first-order valence-electron chi connectivity index (χ1n) is 5.01. The topological polar surface area (TPSA) is 52.7 Å². The molecule has 0 N–H and O–H groups in total. The maximum Gasteiger partial charge on any atom is 0.368 e. The summed E-state index contributed by atoms with van der Waals surface area (Å²) in [5.74, 6) is 0. The number of benzene rings is 1. The minimum atomic E-state index is -0.208. The molecule has 1 heterocycles. The molecule has 16 heavy (non-hydrogen) atoms. The first kappa shape index (κ1) is 11.1. The van der Waals surface area contributed by atoms with E-state index in [9.17, 15) is 4.79 Å². The van der Waals surface area contributed by atoms with Gasteiger partial charge in [-0.1, -0.05) is 28.9 Å². The average molecular weight is 283 g/mol. The molecule has 2 rings (SSSR count). The summed E-state index contributed by atoms with van der Waals surface area (Å²) < 4.78 is 3.56. The molecule has 0 bridgehead atoms. The van der Waals surface area contributed by atoms with Crippen LogP contribution in [-0.2, 0) is 6.54 Å². The minimum absolute atomic E-state index is 0.208. The smallest absolute Gasteiger partial charge is 0.244 e. The van der Waals surface area contributed by atoms with Crippen molar-refractivity contribution in [2.24, 2.45) is 0 Å². The molecule has 0 saturated carbocycles. The van der Waals surface area contributed by atoms with Crippen molar-refractivity contribution >= 4 is 15.9 Å². The normalized spacial score (nSPS) is 10.6. The van der Waals surface area contributed by atoms with Crippen molar-refractivity contribution in [2.45, 2.75) is 19.9 Å². The van der Waals surface area contributed by atoms with Gasteiger partial charge in [0.2, 0.25) is 0 Å². The summed E-state index contributed by atoms with van der Waals surface area (Å²) >= 11 is 3.35. The Labute approximate surface area is 101 Å². The molecule has 0 fully saturated rings. The van der Waals surface area contributed by atoms with Gasteiger partial charge in [0.1, 0.15) is 0 Å². The van der Waals surface area contributed by atoms with Crippen LogP contribution in [0.1, 0.15) is 13.3 Å². The van der Waals surface area contributed by atoms with Crippen molar-refractivity contribution in [3.8, 4) is 5.69 Å². The first-order valence-corrected chi connectivity index (χ1v) is 5.80. The van der Waals surface area contributed by atoms with E-state index < -0.39 is 0 Å². The largest absolute Gasteiger partial charge is 0.368 e. The van der Waals surface area contributed by atoms with Gasteiger partial charge in [-0.05, 0) is 35.0 Å². The van der Waals surface area contributed by atoms with E-state index in [-0.39, 0.29) is 5.69 Å². The molecule has 5 nitrogen and oxygen atoms in total. The highest BCUT2D eigenvalue weighted by Crippen LogP contribution is 2.12. The van der Waals surface area contributed by atoms with Gasteiger partial charge in [0.05, 0.1) is 5.69 Å². The van der Waals surface area contributed by atoms with Crippen LogP contribution < -0.4 is 5.69 Å². The third kappa shape index (κ3) is 2.06. The molecule has 0 spiro atoms. The highest BCUT2D eigenvalue weighted by atomic mass is 79.9. The summed E-state index contributed by atoms with van der Waals surface area (Å²) in [4.78, 5) is 11.9. The van der Waals surface area contributed by atoms with Crippen LogP contribution >= 0.6 is 15.9 Å². The summed E-state index contributed by atoms with van der Waals surface area (Å²) in [5.41, 5.74) is 0.502. The van der Waals surface area contributed by atoms with Gasteiger partial charge in [0, 0.05) is 11.0 Å². The molecular weight excluding hydrogens is 272 g/mol. The fourth-order valence-corrected chi connectivity index (χ4v) is 1.78. The Morgan fingerprint density at radius 2 is 2.19 bits per heavy atom. The third-order valence-electron chi connectivity index (χ3n) is 2.13. The molecule has 6 heteroatoms. The second-order valence-corrected chi connectivity index (χ2v) is 4.29. The Kier molecular flexibility index (Phi) is 3.19. The van der Waals surface area contributed by atoms with Crippen molar-refractivity contribution in [3.63, 3.8) is 0 Å². The number of aryl methyl sites for hydroxylation is 1. The van der Waals surface area contributed by atoms with E-state index in [1.165, 1.54) is 9.36 Å². The monoisotopic (exact) mass is 282 g/mol. The van der Waals surface area contributed by atoms with Gasteiger partial charge in [-0.3, -0.25) is 0 Å². The van der Waals surface area contributed by atoms with Crippen molar-refractivity contribution < 1.29 is 0 Å². The van der Waals surface area contributed by atoms with Gasteiger partial charge in [-0.2, -0.15) is 9.36 Å². The quantitative estimate of drug-likeness (QED) is 0.859. The average Bonchev–Trinajstić information content (AvgIpc) is 2.61. The molecule has 0 amide bonds. The maximum absolute atomic E-state index is 11.9. The van der Waals surface area contributed by atoms with E-state index in [1.807, 2.05) is 31.2 Å². The predicted octanol–water partition coefficient (Wildman–Crippen LogP) is 1.60. The SMILES string of the molecule is CCCn1nnn(-c2cccc(Br)c2)c1=O. The molecule has 0 radical (unpaired) electrons. The Morgan fingerprint density at radius 1 is 1.38 bits per heavy atom. The summed E-state index contributed by atoms with van der Waals surface area (Å²) in [6, 6.07) is 7.39. The molecular formula is C10H11BrN4O. The summed E-state index contributed by atoms with van der Waals surface area (Å²) in [6.07, 6.45) is 0.858. The maximum atomic E-state index is 11.9. The van der Waals surface area contributed by atoms with Crippen LogP contribution in [0.5, 0.6) is 0 Å². The van der Waals surface area contributed by atoms with Gasteiger partial charge in [-0.15, -0.1) is 0 Å². The van der Waals surface area contributed by atoms with E-state index in [1.54, 1.807) is 0 Å². The lowest BCUT2D eigenvalue weighted by molar-refractivity contribution is 0.564. The molecule has 0 unspecified atom stereocenters. The molecule has 0 aliphatic rings. The third-order valence-corrected chi connectivity index (χ3v) is 2.62. The lowest BCUT2D eigenvalue weighted by Gasteiger charge is -1.98. The summed E-state index contributed by atoms with van der Waals surface area (Å²) in [5, 5.41) is 7.66. The number of hydrogen-bond donors (Lipinski definition) is 0. The first-order chi connectivity index (χ1) is 7.72. The number of nitrogens with zero attached hydrogens (tertiary/aromatic N) is 4. The van der Waals surface area contributed by atoms with E-state index in [0.717, 1.165) is 10.9 Å². The lowest BCUT2D eigenvalue weighted by Crippen LogP contribution is -2.24. The predicted molar refractivity (Wildman–Crippen MR) is 63.6 cm³/mol. The summed E-state index contributed by atoms with van der Waals surface area (Å²) in [6.45, 7) is 2.58. The molecule has 84 valence electrons. The minimum Gasteiger partial charge on any atom is -0.244 e. The van der Waals surface area contributed by atoms with Gasteiger partial charge >= 0.3 is 5.69 Å². The van der Waals surface area contributed by atoms with Gasteiger partial charge in [0.25, 0.3) is 0 Å². The Balaban J connectivity index is 2.45.